The van der Waals surface area contributed by atoms with E-state index in [1.54, 1.807) is 18.3 Å². The highest BCUT2D eigenvalue weighted by Gasteiger charge is 2.35. The summed E-state index contributed by atoms with van der Waals surface area (Å²) in [5.74, 6) is 0.633. The molecule has 3 aliphatic heterocycles. The third-order valence-electron chi connectivity index (χ3n) is 4.72. The summed E-state index contributed by atoms with van der Waals surface area (Å²) in [6.45, 7) is 3.22. The van der Waals surface area contributed by atoms with Gasteiger partial charge in [-0.05, 0) is 31.8 Å². The number of nitrogens with zero attached hydrogens (tertiary/aromatic N) is 3. The summed E-state index contributed by atoms with van der Waals surface area (Å²) in [5.41, 5.74) is 0.855. The number of furan rings is 1. The first kappa shape index (κ1) is 13.3. The maximum Gasteiger partial charge on any atom is 0.270 e. The Kier molecular flexibility index (Phi) is 3.09. The van der Waals surface area contributed by atoms with Crippen LogP contribution in [0.15, 0.2) is 22.7 Å². The standard InChI is InChI=1S/C16H16N4O2/c17-7-12-5-11-8-18-13(6-15(11)22-12)16(21)19-14-9-20-3-1-10(14)2-4-20/h5-6,8,10,14H,1-4,9H2,(H,19,21)/t14-/m0/s1. The molecule has 2 aromatic rings. The van der Waals surface area contributed by atoms with Crippen molar-refractivity contribution in [2.45, 2.75) is 18.9 Å². The molecule has 0 unspecified atom stereocenters. The minimum Gasteiger partial charge on any atom is -0.445 e. The first-order chi connectivity index (χ1) is 10.7. The average molecular weight is 296 g/mol. The molecule has 2 aromatic heterocycles. The molecular weight excluding hydrogens is 280 g/mol. The zero-order chi connectivity index (χ0) is 15.1. The van der Waals surface area contributed by atoms with Crippen LogP contribution in [0, 0.1) is 17.2 Å². The molecule has 6 heteroatoms. The van der Waals surface area contributed by atoms with E-state index in [4.69, 9.17) is 9.68 Å². The first-order valence-electron chi connectivity index (χ1n) is 7.56. The Hall–Kier alpha value is -2.39. The van der Waals surface area contributed by atoms with Gasteiger partial charge in [0, 0.05) is 36.3 Å². The van der Waals surface area contributed by atoms with E-state index in [1.165, 1.54) is 0 Å². The lowest BCUT2D eigenvalue weighted by molar-refractivity contribution is 0.0618. The van der Waals surface area contributed by atoms with Crippen molar-refractivity contribution in [1.29, 1.82) is 5.26 Å². The van der Waals surface area contributed by atoms with Crippen LogP contribution in [0.5, 0.6) is 0 Å². The van der Waals surface area contributed by atoms with E-state index in [0.29, 0.717) is 17.2 Å². The van der Waals surface area contributed by atoms with Crippen molar-refractivity contribution in [1.82, 2.24) is 15.2 Å². The highest BCUT2D eigenvalue weighted by atomic mass is 16.3. The summed E-state index contributed by atoms with van der Waals surface area (Å²) in [7, 11) is 0. The minimum absolute atomic E-state index is 0.171. The van der Waals surface area contributed by atoms with E-state index < -0.39 is 0 Å². The van der Waals surface area contributed by atoms with Crippen molar-refractivity contribution in [2.75, 3.05) is 19.6 Å². The van der Waals surface area contributed by atoms with Gasteiger partial charge in [-0.1, -0.05) is 0 Å². The SMILES string of the molecule is N#Cc1cc2cnc(C(=O)N[C@H]3CN4CCC3CC4)cc2o1. The van der Waals surface area contributed by atoms with Gasteiger partial charge in [0.05, 0.1) is 0 Å². The predicted molar refractivity (Wildman–Crippen MR) is 79.1 cm³/mol. The molecule has 5 rings (SSSR count). The number of piperidine rings is 3. The molecule has 112 valence electrons. The lowest BCUT2D eigenvalue weighted by Crippen LogP contribution is -2.57. The van der Waals surface area contributed by atoms with E-state index in [2.05, 4.69) is 15.2 Å². The van der Waals surface area contributed by atoms with Crippen LogP contribution >= 0.6 is 0 Å². The molecule has 0 aromatic carbocycles. The van der Waals surface area contributed by atoms with Gasteiger partial charge in [0.2, 0.25) is 5.76 Å². The number of fused-ring (bicyclic) bond motifs is 4. The monoisotopic (exact) mass is 296 g/mol. The molecular formula is C16H16N4O2. The van der Waals surface area contributed by atoms with Crippen molar-refractivity contribution >= 4 is 16.9 Å². The number of pyridine rings is 1. The largest absolute Gasteiger partial charge is 0.445 e. The molecule has 1 N–H and O–H groups in total. The lowest BCUT2D eigenvalue weighted by Gasteiger charge is -2.44. The van der Waals surface area contributed by atoms with Gasteiger partial charge < -0.3 is 14.6 Å². The Labute approximate surface area is 127 Å². The van der Waals surface area contributed by atoms with Crippen LogP contribution < -0.4 is 5.32 Å². The quantitative estimate of drug-likeness (QED) is 0.908. The summed E-state index contributed by atoms with van der Waals surface area (Å²) in [6.07, 6.45) is 3.88. The van der Waals surface area contributed by atoms with Gasteiger partial charge in [0.15, 0.2) is 0 Å². The summed E-state index contributed by atoms with van der Waals surface area (Å²) in [5, 5.41) is 12.7. The number of carbonyl (C=O) groups excluding carboxylic acids is 1. The summed E-state index contributed by atoms with van der Waals surface area (Å²) >= 11 is 0. The predicted octanol–water partition coefficient (Wildman–Crippen LogP) is 1.52. The molecule has 3 saturated heterocycles. The second kappa shape index (κ2) is 5.11. The molecule has 0 aliphatic carbocycles. The van der Waals surface area contributed by atoms with Gasteiger partial charge in [-0.15, -0.1) is 0 Å². The van der Waals surface area contributed by atoms with Crippen LogP contribution in [0.2, 0.25) is 0 Å². The topological polar surface area (TPSA) is 82.2 Å². The second-order valence-electron chi connectivity index (χ2n) is 6.05. The van der Waals surface area contributed by atoms with E-state index >= 15 is 0 Å². The van der Waals surface area contributed by atoms with Gasteiger partial charge in [-0.3, -0.25) is 9.78 Å². The Morgan fingerprint density at radius 1 is 1.41 bits per heavy atom. The van der Waals surface area contributed by atoms with Crippen molar-refractivity contribution in [3.63, 3.8) is 0 Å². The van der Waals surface area contributed by atoms with Crippen molar-refractivity contribution in [3.05, 3.63) is 29.8 Å². The number of nitrogens with one attached hydrogen (secondary N) is 1. The zero-order valence-corrected chi connectivity index (χ0v) is 12.1. The molecule has 1 atom stereocenters. The molecule has 3 aliphatic rings. The van der Waals surface area contributed by atoms with Crippen LogP contribution in [0.25, 0.3) is 11.0 Å². The van der Waals surface area contributed by atoms with E-state index in [9.17, 15) is 4.79 Å². The highest BCUT2D eigenvalue weighted by Crippen LogP contribution is 2.27. The lowest BCUT2D eigenvalue weighted by atomic mass is 9.84. The maximum absolute atomic E-state index is 12.4. The average Bonchev–Trinajstić information content (AvgIpc) is 2.98. The third-order valence-corrected chi connectivity index (χ3v) is 4.72. The molecule has 0 spiro atoms. The molecule has 5 heterocycles. The number of nitriles is 1. The third kappa shape index (κ3) is 2.24. The molecule has 3 fully saturated rings. The number of hydrogen-bond donors (Lipinski definition) is 1. The Morgan fingerprint density at radius 2 is 2.23 bits per heavy atom. The fourth-order valence-electron chi connectivity index (χ4n) is 3.48. The molecule has 6 nitrogen and oxygen atoms in total. The van der Waals surface area contributed by atoms with Gasteiger partial charge in [0.1, 0.15) is 17.3 Å². The Morgan fingerprint density at radius 3 is 2.91 bits per heavy atom. The second-order valence-corrected chi connectivity index (χ2v) is 6.05. The van der Waals surface area contributed by atoms with Crippen molar-refractivity contribution < 1.29 is 9.21 Å². The summed E-state index contributed by atoms with van der Waals surface area (Å²) < 4.78 is 5.36. The minimum atomic E-state index is -0.171. The normalized spacial score (nSPS) is 26.8. The summed E-state index contributed by atoms with van der Waals surface area (Å²) in [4.78, 5) is 19.0. The van der Waals surface area contributed by atoms with Crippen LogP contribution in [0.1, 0.15) is 29.1 Å². The molecule has 0 saturated carbocycles. The van der Waals surface area contributed by atoms with Crippen LogP contribution in [0.4, 0.5) is 0 Å². The molecule has 0 radical (unpaired) electrons. The van der Waals surface area contributed by atoms with Crippen LogP contribution in [0.3, 0.4) is 0 Å². The van der Waals surface area contributed by atoms with Crippen molar-refractivity contribution in [3.8, 4) is 6.07 Å². The fourth-order valence-corrected chi connectivity index (χ4v) is 3.48. The number of rotatable bonds is 2. The Balaban J connectivity index is 1.54. The van der Waals surface area contributed by atoms with E-state index in [1.807, 2.05) is 6.07 Å². The van der Waals surface area contributed by atoms with Crippen LogP contribution in [-0.4, -0.2) is 41.5 Å². The number of carbonyl (C=O) groups is 1. The van der Waals surface area contributed by atoms with E-state index in [-0.39, 0.29) is 17.7 Å². The molecule has 1 amide bonds. The fraction of sp³-hybridized carbons (Fsp3) is 0.438. The van der Waals surface area contributed by atoms with Gasteiger partial charge >= 0.3 is 0 Å². The highest BCUT2D eigenvalue weighted by molar-refractivity contribution is 5.95. The van der Waals surface area contributed by atoms with Gasteiger partial charge in [-0.25, -0.2) is 0 Å². The maximum atomic E-state index is 12.4. The zero-order valence-electron chi connectivity index (χ0n) is 12.1. The van der Waals surface area contributed by atoms with Gasteiger partial charge in [-0.2, -0.15) is 5.26 Å². The molecule has 2 bridgehead atoms. The van der Waals surface area contributed by atoms with E-state index in [0.717, 1.165) is 37.9 Å². The number of hydrogen-bond acceptors (Lipinski definition) is 5. The summed E-state index contributed by atoms with van der Waals surface area (Å²) in [6, 6.07) is 5.38. The number of aromatic nitrogens is 1. The van der Waals surface area contributed by atoms with Crippen molar-refractivity contribution in [2.24, 2.45) is 5.92 Å². The van der Waals surface area contributed by atoms with Gasteiger partial charge in [0.25, 0.3) is 5.91 Å². The molecule has 22 heavy (non-hydrogen) atoms. The Bertz CT molecular complexity index is 768. The van der Waals surface area contributed by atoms with Crippen LogP contribution in [-0.2, 0) is 0 Å². The smallest absolute Gasteiger partial charge is 0.270 e. The number of amides is 1. The first-order valence-corrected chi connectivity index (χ1v) is 7.56.